The van der Waals surface area contributed by atoms with Gasteiger partial charge < -0.3 is 10.5 Å². The van der Waals surface area contributed by atoms with Crippen LogP contribution in [0.2, 0.25) is 0 Å². The van der Waals surface area contributed by atoms with Gasteiger partial charge in [0.25, 0.3) is 0 Å². The van der Waals surface area contributed by atoms with Crippen molar-refractivity contribution < 1.29 is 9.53 Å². The normalized spacial score (nSPS) is 18.3. The lowest BCUT2D eigenvalue weighted by Crippen LogP contribution is -2.49. The maximum atomic E-state index is 12.5. The molecule has 3 nitrogen and oxygen atoms in total. The zero-order valence-electron chi connectivity index (χ0n) is 11.8. The molecule has 0 heterocycles. The molecule has 1 saturated carbocycles. The first-order valence-corrected chi connectivity index (χ1v) is 7.12. The van der Waals surface area contributed by atoms with Crippen molar-refractivity contribution in [1.82, 2.24) is 0 Å². The number of ketones is 1. The Labute approximate surface area is 115 Å². The van der Waals surface area contributed by atoms with Gasteiger partial charge >= 0.3 is 0 Å². The van der Waals surface area contributed by atoms with Crippen molar-refractivity contribution >= 4 is 5.78 Å². The molecule has 0 bridgehead atoms. The Morgan fingerprint density at radius 3 is 2.26 bits per heavy atom. The van der Waals surface area contributed by atoms with Crippen LogP contribution in [0.1, 0.15) is 56.3 Å². The summed E-state index contributed by atoms with van der Waals surface area (Å²) in [5.74, 6) is 0.865. The Morgan fingerprint density at radius 1 is 1.16 bits per heavy atom. The smallest absolute Gasteiger partial charge is 0.182 e. The van der Waals surface area contributed by atoms with Crippen LogP contribution in [0, 0.1) is 0 Å². The monoisotopic (exact) mass is 261 g/mol. The third kappa shape index (κ3) is 3.35. The van der Waals surface area contributed by atoms with Gasteiger partial charge in [-0.15, -0.1) is 0 Å². The molecule has 0 radical (unpaired) electrons. The highest BCUT2D eigenvalue weighted by Gasteiger charge is 2.35. The number of nitrogens with two attached hydrogens (primary N) is 1. The van der Waals surface area contributed by atoms with Crippen LogP contribution < -0.4 is 10.5 Å². The first-order chi connectivity index (χ1) is 9.01. The van der Waals surface area contributed by atoms with Crippen molar-refractivity contribution in [1.29, 1.82) is 0 Å². The number of benzene rings is 1. The van der Waals surface area contributed by atoms with E-state index in [0.29, 0.717) is 5.56 Å². The molecular formula is C16H23NO2. The maximum Gasteiger partial charge on any atom is 0.182 e. The molecule has 2 rings (SSSR count). The van der Waals surface area contributed by atoms with Gasteiger partial charge in [0.15, 0.2) is 5.78 Å². The van der Waals surface area contributed by atoms with Gasteiger partial charge in [-0.2, -0.15) is 0 Å². The average molecular weight is 261 g/mol. The predicted octanol–water partition coefficient (Wildman–Crippen LogP) is 3.32. The number of carbonyl (C=O) groups excluding carboxylic acids is 1. The van der Waals surface area contributed by atoms with Crippen molar-refractivity contribution in [3.05, 3.63) is 29.8 Å². The van der Waals surface area contributed by atoms with Crippen LogP contribution >= 0.6 is 0 Å². The Hall–Kier alpha value is -1.35. The molecule has 1 aromatic carbocycles. The zero-order valence-corrected chi connectivity index (χ0v) is 11.8. The Bertz CT molecular complexity index is 431. The molecule has 2 N–H and O–H groups in total. The van der Waals surface area contributed by atoms with Gasteiger partial charge in [-0.3, -0.25) is 4.79 Å². The molecular weight excluding hydrogens is 238 g/mol. The number of Topliss-reactive ketones (excluding diaryl/α,β-unsaturated/α-hetero) is 1. The van der Waals surface area contributed by atoms with Crippen LogP contribution in [0.3, 0.4) is 0 Å². The summed E-state index contributed by atoms with van der Waals surface area (Å²) in [6, 6.07) is 7.34. The van der Waals surface area contributed by atoms with Gasteiger partial charge in [-0.05, 0) is 51.0 Å². The highest BCUT2D eigenvalue weighted by molar-refractivity contribution is 6.03. The van der Waals surface area contributed by atoms with E-state index >= 15 is 0 Å². The minimum absolute atomic E-state index is 0.0725. The summed E-state index contributed by atoms with van der Waals surface area (Å²) in [5, 5.41) is 0. The van der Waals surface area contributed by atoms with Gasteiger partial charge in [-0.1, -0.05) is 19.3 Å². The molecule has 0 atom stereocenters. The Balaban J connectivity index is 2.10. The van der Waals surface area contributed by atoms with Crippen molar-refractivity contribution in [3.63, 3.8) is 0 Å². The molecule has 1 fully saturated rings. The summed E-state index contributed by atoms with van der Waals surface area (Å²) in [6.45, 7) is 3.96. The van der Waals surface area contributed by atoms with Gasteiger partial charge in [0.05, 0.1) is 11.6 Å². The van der Waals surface area contributed by atoms with E-state index in [-0.39, 0.29) is 11.9 Å². The molecule has 0 saturated heterocycles. The fourth-order valence-corrected chi connectivity index (χ4v) is 2.65. The van der Waals surface area contributed by atoms with Gasteiger partial charge in [-0.25, -0.2) is 0 Å². The number of rotatable bonds is 4. The Morgan fingerprint density at radius 2 is 1.74 bits per heavy atom. The zero-order chi connectivity index (χ0) is 13.9. The maximum absolute atomic E-state index is 12.5. The molecule has 0 amide bonds. The fraction of sp³-hybridized carbons (Fsp3) is 0.562. The highest BCUT2D eigenvalue weighted by atomic mass is 16.5. The second kappa shape index (κ2) is 5.74. The van der Waals surface area contributed by atoms with Crippen LogP contribution in [0.4, 0.5) is 0 Å². The lowest BCUT2D eigenvalue weighted by Gasteiger charge is -2.31. The molecule has 19 heavy (non-hydrogen) atoms. The van der Waals surface area contributed by atoms with Crippen LogP contribution in [-0.4, -0.2) is 17.4 Å². The summed E-state index contributed by atoms with van der Waals surface area (Å²) in [5.41, 5.74) is 6.31. The van der Waals surface area contributed by atoms with Gasteiger partial charge in [0, 0.05) is 5.56 Å². The van der Waals surface area contributed by atoms with E-state index in [4.69, 9.17) is 10.5 Å². The summed E-state index contributed by atoms with van der Waals surface area (Å²) in [6.07, 6.45) is 5.04. The number of carbonyl (C=O) groups is 1. The van der Waals surface area contributed by atoms with Crippen molar-refractivity contribution in [2.75, 3.05) is 0 Å². The summed E-state index contributed by atoms with van der Waals surface area (Å²) >= 11 is 0. The number of hydrogen-bond donors (Lipinski definition) is 1. The van der Waals surface area contributed by atoms with Gasteiger partial charge in [0.1, 0.15) is 5.75 Å². The molecule has 0 aromatic heterocycles. The minimum atomic E-state index is -0.654. The molecule has 1 aliphatic carbocycles. The lowest BCUT2D eigenvalue weighted by molar-refractivity contribution is 0.0848. The third-order valence-corrected chi connectivity index (χ3v) is 3.69. The van der Waals surface area contributed by atoms with E-state index in [0.717, 1.165) is 31.4 Å². The highest BCUT2D eigenvalue weighted by Crippen LogP contribution is 2.29. The van der Waals surface area contributed by atoms with E-state index in [1.165, 1.54) is 6.42 Å². The molecule has 104 valence electrons. The summed E-state index contributed by atoms with van der Waals surface area (Å²) in [7, 11) is 0. The van der Waals surface area contributed by atoms with Gasteiger partial charge in [0.2, 0.25) is 0 Å². The van der Waals surface area contributed by atoms with Crippen LogP contribution in [0.25, 0.3) is 0 Å². The second-order valence-electron chi connectivity index (χ2n) is 5.74. The number of hydrogen-bond acceptors (Lipinski definition) is 3. The minimum Gasteiger partial charge on any atom is -0.491 e. The Kier molecular flexibility index (Phi) is 4.25. The molecule has 1 aromatic rings. The average Bonchev–Trinajstić information content (AvgIpc) is 2.39. The third-order valence-electron chi connectivity index (χ3n) is 3.69. The molecule has 1 aliphatic rings. The van der Waals surface area contributed by atoms with Crippen LogP contribution in [0.15, 0.2) is 24.3 Å². The fourth-order valence-electron chi connectivity index (χ4n) is 2.65. The quantitative estimate of drug-likeness (QED) is 0.846. The molecule has 0 unspecified atom stereocenters. The standard InChI is InChI=1S/C16H23NO2/c1-12(2)19-14-8-6-13(7-9-14)15(18)16(17)10-4-3-5-11-16/h6-9,12H,3-5,10-11,17H2,1-2H3. The second-order valence-corrected chi connectivity index (χ2v) is 5.74. The first-order valence-electron chi connectivity index (χ1n) is 7.12. The topological polar surface area (TPSA) is 52.3 Å². The largest absolute Gasteiger partial charge is 0.491 e. The molecule has 0 spiro atoms. The summed E-state index contributed by atoms with van der Waals surface area (Å²) in [4.78, 5) is 12.5. The van der Waals surface area contributed by atoms with E-state index in [2.05, 4.69) is 0 Å². The van der Waals surface area contributed by atoms with E-state index in [1.54, 1.807) is 0 Å². The molecule has 0 aliphatic heterocycles. The van der Waals surface area contributed by atoms with E-state index in [9.17, 15) is 4.79 Å². The van der Waals surface area contributed by atoms with Crippen molar-refractivity contribution in [2.45, 2.75) is 57.6 Å². The van der Waals surface area contributed by atoms with E-state index < -0.39 is 5.54 Å². The molecule has 3 heteroatoms. The van der Waals surface area contributed by atoms with Crippen molar-refractivity contribution in [3.8, 4) is 5.75 Å². The van der Waals surface area contributed by atoms with Crippen molar-refractivity contribution in [2.24, 2.45) is 5.73 Å². The summed E-state index contributed by atoms with van der Waals surface area (Å²) < 4.78 is 5.58. The predicted molar refractivity (Wildman–Crippen MR) is 76.5 cm³/mol. The number of ether oxygens (including phenoxy) is 1. The van der Waals surface area contributed by atoms with Crippen LogP contribution in [-0.2, 0) is 0 Å². The first kappa shape index (κ1) is 14.1. The van der Waals surface area contributed by atoms with Crippen LogP contribution in [0.5, 0.6) is 5.75 Å². The SMILES string of the molecule is CC(C)Oc1ccc(C(=O)C2(N)CCCCC2)cc1. The lowest BCUT2D eigenvalue weighted by atomic mass is 9.77. The van der Waals surface area contributed by atoms with E-state index in [1.807, 2.05) is 38.1 Å².